The molecule has 0 bridgehead atoms. The van der Waals surface area contributed by atoms with Gasteiger partial charge in [-0.15, -0.1) is 0 Å². The van der Waals surface area contributed by atoms with E-state index in [1.165, 1.54) is 10.5 Å². The lowest BCUT2D eigenvalue weighted by Gasteiger charge is -2.20. The molecule has 4 rings (SSSR count). The molecule has 0 spiro atoms. The molecule has 1 saturated heterocycles. The van der Waals surface area contributed by atoms with Crippen LogP contribution in [0.2, 0.25) is 0 Å². The summed E-state index contributed by atoms with van der Waals surface area (Å²) in [5, 5.41) is 8.52. The molecule has 3 aromatic rings. The summed E-state index contributed by atoms with van der Waals surface area (Å²) in [6, 6.07) is 27.7. The first-order chi connectivity index (χ1) is 14.6. The zero-order valence-corrected chi connectivity index (χ0v) is 16.9. The van der Waals surface area contributed by atoms with Crippen molar-refractivity contribution in [3.05, 3.63) is 113 Å². The van der Waals surface area contributed by atoms with Crippen molar-refractivity contribution in [2.24, 2.45) is 0 Å². The Morgan fingerprint density at radius 3 is 2.30 bits per heavy atom. The van der Waals surface area contributed by atoms with E-state index >= 15 is 0 Å². The Balaban J connectivity index is 1.65. The largest absolute Gasteiger partial charge is 0.444 e. The first-order valence-corrected chi connectivity index (χ1v) is 10.0. The smallest absolute Gasteiger partial charge is 0.419 e. The molecule has 1 heterocycles. The van der Waals surface area contributed by atoms with Crippen LogP contribution in [0.15, 0.2) is 90.6 Å². The van der Waals surface area contributed by atoms with Crippen molar-refractivity contribution in [2.45, 2.75) is 25.9 Å². The van der Waals surface area contributed by atoms with Gasteiger partial charge in [0.1, 0.15) is 12.4 Å². The van der Waals surface area contributed by atoms with E-state index in [9.17, 15) is 4.79 Å². The number of carbonyl (C=O) groups is 1. The minimum absolute atomic E-state index is 0.0671. The van der Waals surface area contributed by atoms with E-state index in [0.717, 1.165) is 22.4 Å². The molecule has 1 aliphatic heterocycles. The molecule has 1 fully saturated rings. The third-order valence-electron chi connectivity index (χ3n) is 5.26. The van der Waals surface area contributed by atoms with Crippen LogP contribution in [0, 0.1) is 12.3 Å². The molecule has 1 amide bonds. The van der Waals surface area contributed by atoms with Gasteiger partial charge in [-0.05, 0) is 29.7 Å². The number of benzene rings is 3. The molecule has 4 heteroatoms. The van der Waals surface area contributed by atoms with Crippen LogP contribution in [-0.4, -0.2) is 16.8 Å². The fraction of sp³-hybridized carbons (Fsp3) is 0.154. The van der Waals surface area contributed by atoms with Crippen molar-refractivity contribution in [1.29, 1.82) is 5.41 Å². The zero-order chi connectivity index (χ0) is 20.9. The fourth-order valence-electron chi connectivity index (χ4n) is 3.67. The molecular weight excluding hydrogens is 372 g/mol. The van der Waals surface area contributed by atoms with Crippen molar-refractivity contribution in [3.8, 4) is 0 Å². The maximum Gasteiger partial charge on any atom is 0.419 e. The van der Waals surface area contributed by atoms with Gasteiger partial charge in [-0.25, -0.2) is 9.69 Å². The number of nitrogens with one attached hydrogen (secondary N) is 1. The summed E-state index contributed by atoms with van der Waals surface area (Å²) < 4.78 is 5.56. The molecule has 1 unspecified atom stereocenters. The van der Waals surface area contributed by atoms with E-state index in [1.54, 1.807) is 0 Å². The van der Waals surface area contributed by atoms with E-state index in [0.29, 0.717) is 6.42 Å². The quantitative estimate of drug-likeness (QED) is 0.576. The molecule has 0 radical (unpaired) electrons. The lowest BCUT2D eigenvalue weighted by molar-refractivity contribution is 0.123. The molecule has 1 atom stereocenters. The number of amides is 1. The normalized spacial score (nSPS) is 17.4. The van der Waals surface area contributed by atoms with Gasteiger partial charge in [0, 0.05) is 18.0 Å². The number of allylic oxidation sites excluding steroid dienone is 1. The Morgan fingerprint density at radius 2 is 1.63 bits per heavy atom. The third kappa shape index (κ3) is 4.33. The van der Waals surface area contributed by atoms with Gasteiger partial charge < -0.3 is 4.74 Å². The van der Waals surface area contributed by atoms with Crippen LogP contribution < -0.4 is 0 Å². The van der Waals surface area contributed by atoms with Crippen LogP contribution in [0.5, 0.6) is 0 Å². The zero-order valence-electron chi connectivity index (χ0n) is 16.9. The summed E-state index contributed by atoms with van der Waals surface area (Å²) in [7, 11) is 0. The molecule has 4 nitrogen and oxygen atoms in total. The maximum atomic E-state index is 13.0. The van der Waals surface area contributed by atoms with Crippen LogP contribution in [0.4, 0.5) is 4.79 Å². The lowest BCUT2D eigenvalue weighted by atomic mass is 9.93. The second-order valence-corrected chi connectivity index (χ2v) is 7.47. The summed E-state index contributed by atoms with van der Waals surface area (Å²) in [4.78, 5) is 14.4. The maximum absolute atomic E-state index is 13.0. The van der Waals surface area contributed by atoms with Gasteiger partial charge in [-0.2, -0.15) is 0 Å². The number of rotatable bonds is 4. The minimum atomic E-state index is -0.513. The van der Waals surface area contributed by atoms with Crippen molar-refractivity contribution in [1.82, 2.24) is 4.90 Å². The Hall–Kier alpha value is -3.66. The number of carbonyl (C=O) groups excluding carboxylic acids is 1. The van der Waals surface area contributed by atoms with Gasteiger partial charge >= 0.3 is 6.09 Å². The number of amidine groups is 1. The van der Waals surface area contributed by atoms with E-state index in [1.807, 2.05) is 66.7 Å². The number of nitrogens with zero attached hydrogens (tertiary/aromatic N) is 1. The van der Waals surface area contributed by atoms with E-state index in [2.05, 4.69) is 31.2 Å². The van der Waals surface area contributed by atoms with Gasteiger partial charge in [-0.1, -0.05) is 90.5 Å². The molecular formula is C26H24N2O2. The predicted molar refractivity (Wildman–Crippen MR) is 119 cm³/mol. The summed E-state index contributed by atoms with van der Waals surface area (Å²) in [6.45, 7) is 2.23. The number of aryl methyl sites for hydroxylation is 1. The van der Waals surface area contributed by atoms with E-state index in [-0.39, 0.29) is 18.4 Å². The van der Waals surface area contributed by atoms with Gasteiger partial charge in [-0.3, -0.25) is 5.41 Å². The van der Waals surface area contributed by atoms with Gasteiger partial charge in [0.15, 0.2) is 0 Å². The number of hydrogen-bond donors (Lipinski definition) is 1. The topological polar surface area (TPSA) is 53.4 Å². The summed E-state index contributed by atoms with van der Waals surface area (Å²) in [5.74, 6) is 0.184. The van der Waals surface area contributed by atoms with Crippen LogP contribution in [-0.2, 0) is 11.3 Å². The van der Waals surface area contributed by atoms with Crippen molar-refractivity contribution in [2.75, 3.05) is 0 Å². The molecule has 0 aliphatic carbocycles. The molecule has 0 aromatic heterocycles. The standard InChI is InChI=1S/C26H24N2O2/c1-19-12-14-22(15-13-19)23-17-25(27)28(24(23)16-20-8-4-2-5-9-20)26(29)30-18-21-10-6-3-7-11-21/h2-16,23,27H,17-18H2,1H3/b24-16-,27-25?. The molecule has 30 heavy (non-hydrogen) atoms. The molecule has 150 valence electrons. The Morgan fingerprint density at radius 1 is 1.00 bits per heavy atom. The predicted octanol–water partition coefficient (Wildman–Crippen LogP) is 6.14. The van der Waals surface area contributed by atoms with E-state index in [4.69, 9.17) is 10.1 Å². The van der Waals surface area contributed by atoms with Crippen LogP contribution in [0.25, 0.3) is 6.08 Å². The monoisotopic (exact) mass is 396 g/mol. The van der Waals surface area contributed by atoms with Gasteiger partial charge in [0.25, 0.3) is 0 Å². The SMILES string of the molecule is Cc1ccc(C2CC(=N)N(C(=O)OCc3ccccc3)/C2=C\c2ccccc2)cc1. The summed E-state index contributed by atoms with van der Waals surface area (Å²) in [5.41, 5.74) is 4.94. The molecule has 3 aromatic carbocycles. The van der Waals surface area contributed by atoms with Crippen molar-refractivity contribution in [3.63, 3.8) is 0 Å². The van der Waals surface area contributed by atoms with Crippen molar-refractivity contribution < 1.29 is 9.53 Å². The Bertz CT molecular complexity index is 1060. The summed E-state index contributed by atoms with van der Waals surface area (Å²) in [6.07, 6.45) is 1.93. The Kier molecular flexibility index (Phi) is 5.75. The highest BCUT2D eigenvalue weighted by Gasteiger charge is 2.38. The lowest BCUT2D eigenvalue weighted by Crippen LogP contribution is -2.31. The second-order valence-electron chi connectivity index (χ2n) is 7.47. The number of likely N-dealkylation sites (tertiary alicyclic amines) is 1. The van der Waals surface area contributed by atoms with E-state index < -0.39 is 6.09 Å². The van der Waals surface area contributed by atoms with Gasteiger partial charge in [0.05, 0.1) is 0 Å². The molecule has 1 aliphatic rings. The minimum Gasteiger partial charge on any atom is -0.444 e. The highest BCUT2D eigenvalue weighted by Crippen LogP contribution is 2.39. The van der Waals surface area contributed by atoms with Gasteiger partial charge in [0.2, 0.25) is 0 Å². The molecule has 1 N–H and O–H groups in total. The average molecular weight is 396 g/mol. The van der Waals surface area contributed by atoms with Crippen molar-refractivity contribution >= 4 is 18.0 Å². The third-order valence-corrected chi connectivity index (χ3v) is 5.26. The van der Waals surface area contributed by atoms with Crippen LogP contribution in [0.1, 0.15) is 34.6 Å². The highest BCUT2D eigenvalue weighted by molar-refractivity contribution is 6.00. The second kappa shape index (κ2) is 8.78. The fourth-order valence-corrected chi connectivity index (χ4v) is 3.67. The highest BCUT2D eigenvalue weighted by atomic mass is 16.6. The Labute approximate surface area is 176 Å². The first kappa shape index (κ1) is 19.6. The van der Waals surface area contributed by atoms with Crippen LogP contribution in [0.3, 0.4) is 0 Å². The van der Waals surface area contributed by atoms with Crippen LogP contribution >= 0.6 is 0 Å². The first-order valence-electron chi connectivity index (χ1n) is 10.0. The molecule has 0 saturated carbocycles. The number of ether oxygens (including phenoxy) is 1. The average Bonchev–Trinajstić information content (AvgIpc) is 3.10. The summed E-state index contributed by atoms with van der Waals surface area (Å²) >= 11 is 0. The number of hydrogen-bond acceptors (Lipinski definition) is 3.